The van der Waals surface area contributed by atoms with Crippen molar-refractivity contribution in [3.63, 3.8) is 0 Å². The van der Waals surface area contributed by atoms with Gasteiger partial charge in [0.25, 0.3) is 5.91 Å². The third kappa shape index (κ3) is 3.34. The second-order valence-electron chi connectivity index (χ2n) is 4.85. The number of amides is 1. The molecular formula is C15H19NO3. The first-order valence-electron chi connectivity index (χ1n) is 6.70. The molecule has 0 radical (unpaired) electrons. The van der Waals surface area contributed by atoms with Crippen LogP contribution in [-0.2, 0) is 4.79 Å². The summed E-state index contributed by atoms with van der Waals surface area (Å²) in [6.07, 6.45) is 4.06. The fourth-order valence-electron chi connectivity index (χ4n) is 2.39. The average molecular weight is 261 g/mol. The molecule has 1 atom stereocenters. The highest BCUT2D eigenvalue weighted by Gasteiger charge is 2.23. The van der Waals surface area contributed by atoms with Crippen molar-refractivity contribution < 1.29 is 14.3 Å². The summed E-state index contributed by atoms with van der Waals surface area (Å²) in [7, 11) is 0. The van der Waals surface area contributed by atoms with Crippen LogP contribution in [0.2, 0.25) is 0 Å². The number of hydrogen-bond donors (Lipinski definition) is 0. The molecule has 1 unspecified atom stereocenters. The van der Waals surface area contributed by atoms with Crippen LogP contribution in [0.3, 0.4) is 0 Å². The number of carbonyl (C=O) groups excluding carboxylic acids is 2. The summed E-state index contributed by atoms with van der Waals surface area (Å²) in [4.78, 5) is 24.5. The second-order valence-corrected chi connectivity index (χ2v) is 4.85. The van der Waals surface area contributed by atoms with Crippen molar-refractivity contribution in [3.8, 4) is 5.75 Å². The van der Waals surface area contributed by atoms with Crippen LogP contribution in [0.1, 0.15) is 36.5 Å². The summed E-state index contributed by atoms with van der Waals surface area (Å²) < 4.78 is 5.16. The van der Waals surface area contributed by atoms with E-state index in [1.54, 1.807) is 24.3 Å². The van der Waals surface area contributed by atoms with Gasteiger partial charge in [-0.15, -0.1) is 0 Å². The maximum Gasteiger partial charge on any atom is 0.254 e. The van der Waals surface area contributed by atoms with Crippen LogP contribution in [0.25, 0.3) is 0 Å². The van der Waals surface area contributed by atoms with Gasteiger partial charge >= 0.3 is 0 Å². The Morgan fingerprint density at radius 1 is 1.37 bits per heavy atom. The van der Waals surface area contributed by atoms with E-state index in [0.717, 1.165) is 19.4 Å². The predicted octanol–water partition coefficient (Wildman–Crippen LogP) is 2.28. The van der Waals surface area contributed by atoms with Crippen molar-refractivity contribution in [2.45, 2.75) is 32.2 Å². The first-order chi connectivity index (χ1) is 9.22. The lowest BCUT2D eigenvalue weighted by atomic mass is 10.0. The molecule has 0 saturated carbocycles. The molecule has 19 heavy (non-hydrogen) atoms. The molecule has 1 aliphatic heterocycles. The zero-order valence-corrected chi connectivity index (χ0v) is 11.2. The Hall–Kier alpha value is -1.84. The van der Waals surface area contributed by atoms with Crippen LogP contribution in [-0.4, -0.2) is 36.3 Å². The highest BCUT2D eigenvalue weighted by molar-refractivity contribution is 5.94. The lowest BCUT2D eigenvalue weighted by Crippen LogP contribution is -2.41. The van der Waals surface area contributed by atoms with Gasteiger partial charge < -0.3 is 9.64 Å². The predicted molar refractivity (Wildman–Crippen MR) is 72.4 cm³/mol. The molecule has 2 rings (SSSR count). The normalized spacial score (nSPS) is 19.0. The standard InChI is InChI=1S/C15H19NO3/c1-12-4-2-3-9-16(12)15(18)13-5-7-14(8-6-13)19-11-10-17/h5-8,10,12H,2-4,9,11H2,1H3. The minimum absolute atomic E-state index is 0.0381. The number of carbonyl (C=O) groups is 2. The Morgan fingerprint density at radius 2 is 2.11 bits per heavy atom. The number of aldehydes is 1. The smallest absolute Gasteiger partial charge is 0.254 e. The molecule has 0 bridgehead atoms. The van der Waals surface area contributed by atoms with Gasteiger partial charge in [-0.2, -0.15) is 0 Å². The molecule has 1 saturated heterocycles. The third-order valence-electron chi connectivity index (χ3n) is 3.48. The summed E-state index contributed by atoms with van der Waals surface area (Å²) in [5.74, 6) is 0.685. The maximum atomic E-state index is 12.4. The van der Waals surface area contributed by atoms with E-state index in [9.17, 15) is 9.59 Å². The molecule has 0 N–H and O–H groups in total. The van der Waals surface area contributed by atoms with Crippen LogP contribution < -0.4 is 4.74 Å². The molecule has 1 aliphatic rings. The molecule has 4 nitrogen and oxygen atoms in total. The van der Waals surface area contributed by atoms with Gasteiger partial charge in [0.15, 0.2) is 6.29 Å². The van der Waals surface area contributed by atoms with Crippen LogP contribution in [0, 0.1) is 0 Å². The minimum Gasteiger partial charge on any atom is -0.486 e. The van der Waals surface area contributed by atoms with Crippen LogP contribution in [0.5, 0.6) is 5.75 Å². The van der Waals surface area contributed by atoms with E-state index in [1.807, 2.05) is 4.90 Å². The highest BCUT2D eigenvalue weighted by atomic mass is 16.5. The number of rotatable bonds is 4. The number of ether oxygens (including phenoxy) is 1. The zero-order chi connectivity index (χ0) is 13.7. The van der Waals surface area contributed by atoms with Crippen molar-refractivity contribution in [1.29, 1.82) is 0 Å². The molecule has 1 amide bonds. The molecular weight excluding hydrogens is 242 g/mol. The highest BCUT2D eigenvalue weighted by Crippen LogP contribution is 2.20. The number of benzene rings is 1. The monoisotopic (exact) mass is 261 g/mol. The summed E-state index contributed by atoms with van der Waals surface area (Å²) >= 11 is 0. The van der Waals surface area contributed by atoms with Gasteiger partial charge in [-0.3, -0.25) is 9.59 Å². The molecule has 4 heteroatoms. The molecule has 0 aromatic heterocycles. The van der Waals surface area contributed by atoms with Crippen LogP contribution in [0.4, 0.5) is 0 Å². The van der Waals surface area contributed by atoms with Gasteiger partial charge in [0, 0.05) is 18.2 Å². The molecule has 1 heterocycles. The number of piperidine rings is 1. The second kappa shape index (κ2) is 6.36. The van der Waals surface area contributed by atoms with Gasteiger partial charge in [0.1, 0.15) is 12.4 Å². The first-order valence-corrected chi connectivity index (χ1v) is 6.70. The van der Waals surface area contributed by atoms with Gasteiger partial charge in [-0.25, -0.2) is 0 Å². The van der Waals surface area contributed by atoms with E-state index in [2.05, 4.69) is 6.92 Å². The third-order valence-corrected chi connectivity index (χ3v) is 3.48. The summed E-state index contributed by atoms with van der Waals surface area (Å²) in [6, 6.07) is 7.27. The van der Waals surface area contributed by atoms with Crippen molar-refractivity contribution in [1.82, 2.24) is 4.90 Å². The first kappa shape index (κ1) is 13.6. The number of likely N-dealkylation sites (tertiary alicyclic amines) is 1. The van der Waals surface area contributed by atoms with E-state index in [0.29, 0.717) is 23.6 Å². The van der Waals surface area contributed by atoms with Gasteiger partial charge in [0.2, 0.25) is 0 Å². The number of nitrogens with zero attached hydrogens (tertiary/aromatic N) is 1. The van der Waals surface area contributed by atoms with Crippen molar-refractivity contribution in [3.05, 3.63) is 29.8 Å². The molecule has 102 valence electrons. The molecule has 0 spiro atoms. The van der Waals surface area contributed by atoms with E-state index in [4.69, 9.17) is 4.74 Å². The van der Waals surface area contributed by atoms with Crippen molar-refractivity contribution >= 4 is 12.2 Å². The Labute approximate surface area is 113 Å². The summed E-state index contributed by atoms with van der Waals surface area (Å²) in [5, 5.41) is 0. The molecule has 1 fully saturated rings. The van der Waals surface area contributed by atoms with E-state index < -0.39 is 0 Å². The quantitative estimate of drug-likeness (QED) is 0.781. The van der Waals surface area contributed by atoms with Crippen LogP contribution >= 0.6 is 0 Å². The molecule has 1 aromatic carbocycles. The van der Waals surface area contributed by atoms with Gasteiger partial charge in [-0.1, -0.05) is 0 Å². The summed E-state index contributed by atoms with van der Waals surface area (Å²) in [5.41, 5.74) is 0.673. The lowest BCUT2D eigenvalue weighted by Gasteiger charge is -2.33. The Bertz CT molecular complexity index is 441. The Kier molecular flexibility index (Phi) is 4.55. The average Bonchev–Trinajstić information content (AvgIpc) is 2.45. The summed E-state index contributed by atoms with van der Waals surface area (Å²) in [6.45, 7) is 2.97. The van der Waals surface area contributed by atoms with Crippen molar-refractivity contribution in [2.75, 3.05) is 13.2 Å². The zero-order valence-electron chi connectivity index (χ0n) is 11.2. The Balaban J connectivity index is 2.04. The van der Waals surface area contributed by atoms with E-state index >= 15 is 0 Å². The minimum atomic E-state index is 0.0381. The molecule has 0 aliphatic carbocycles. The number of hydrogen-bond acceptors (Lipinski definition) is 3. The Morgan fingerprint density at radius 3 is 2.74 bits per heavy atom. The van der Waals surface area contributed by atoms with E-state index in [1.165, 1.54) is 6.42 Å². The van der Waals surface area contributed by atoms with Crippen molar-refractivity contribution in [2.24, 2.45) is 0 Å². The fourth-order valence-corrected chi connectivity index (χ4v) is 2.39. The van der Waals surface area contributed by atoms with Crippen LogP contribution in [0.15, 0.2) is 24.3 Å². The largest absolute Gasteiger partial charge is 0.486 e. The van der Waals surface area contributed by atoms with Gasteiger partial charge in [-0.05, 0) is 50.5 Å². The van der Waals surface area contributed by atoms with Gasteiger partial charge in [0.05, 0.1) is 0 Å². The maximum absolute atomic E-state index is 12.4. The topological polar surface area (TPSA) is 46.6 Å². The van der Waals surface area contributed by atoms with E-state index in [-0.39, 0.29) is 12.5 Å². The molecule has 1 aromatic rings. The lowest BCUT2D eigenvalue weighted by molar-refractivity contribution is -0.109. The fraction of sp³-hybridized carbons (Fsp3) is 0.467. The SMILES string of the molecule is CC1CCCCN1C(=O)c1ccc(OCC=O)cc1.